The highest BCUT2D eigenvalue weighted by molar-refractivity contribution is 14.1. The maximum absolute atomic E-state index is 13.3. The van der Waals surface area contributed by atoms with E-state index in [0.717, 1.165) is 25.6 Å². The average molecular weight is 694 g/mol. The monoisotopic (exact) mass is 693 g/mol. The van der Waals surface area contributed by atoms with Gasteiger partial charge in [-0.3, -0.25) is 9.59 Å². The van der Waals surface area contributed by atoms with Crippen LogP contribution in [0.4, 0.5) is 0 Å². The van der Waals surface area contributed by atoms with Gasteiger partial charge in [0, 0.05) is 36.9 Å². The van der Waals surface area contributed by atoms with Gasteiger partial charge in [0.2, 0.25) is 0 Å². The third kappa shape index (κ3) is 5.75. The number of H-pyrrole nitrogens is 1. The number of cyclic esters (lactones) is 2. The fourth-order valence-electron chi connectivity index (χ4n) is 4.86. The van der Waals surface area contributed by atoms with Crippen molar-refractivity contribution in [3.05, 3.63) is 91.1 Å². The van der Waals surface area contributed by atoms with Gasteiger partial charge in [0.05, 0.1) is 20.2 Å². The molecule has 0 spiro atoms. The van der Waals surface area contributed by atoms with E-state index in [2.05, 4.69) is 27.6 Å². The molecule has 1 N–H and O–H groups in total. The molecular formula is C30H26Cl2INO6. The fraction of sp³-hybridized carbons (Fsp3) is 0.267. The van der Waals surface area contributed by atoms with E-state index in [1.165, 1.54) is 13.8 Å². The molecule has 0 bridgehead atoms. The highest BCUT2D eigenvalue weighted by atomic mass is 127. The Kier molecular flexibility index (Phi) is 8.22. The lowest BCUT2D eigenvalue weighted by molar-refractivity contribution is -0.240. The Hall–Kier alpha value is -2.95. The maximum atomic E-state index is 13.3. The smallest absolute Gasteiger partial charge is 0.324 e. The lowest BCUT2D eigenvalue weighted by Gasteiger charge is -2.36. The molecule has 208 valence electrons. The van der Waals surface area contributed by atoms with E-state index >= 15 is 0 Å². The number of benzene rings is 3. The molecule has 0 aliphatic carbocycles. The van der Waals surface area contributed by atoms with E-state index in [-0.39, 0.29) is 6.61 Å². The number of hydrogen-bond donors (Lipinski definition) is 1. The van der Waals surface area contributed by atoms with Crippen molar-refractivity contribution in [3.63, 3.8) is 0 Å². The third-order valence-corrected chi connectivity index (χ3v) is 8.09. The van der Waals surface area contributed by atoms with Crippen molar-refractivity contribution in [1.82, 2.24) is 4.98 Å². The topological polar surface area (TPSA) is 86.9 Å². The molecule has 7 nitrogen and oxygen atoms in total. The predicted molar refractivity (Wildman–Crippen MR) is 161 cm³/mol. The van der Waals surface area contributed by atoms with Crippen molar-refractivity contribution in [1.29, 1.82) is 0 Å². The summed E-state index contributed by atoms with van der Waals surface area (Å²) in [6, 6.07) is 16.7. The Labute approximate surface area is 255 Å². The van der Waals surface area contributed by atoms with Crippen LogP contribution in [0.2, 0.25) is 10.0 Å². The van der Waals surface area contributed by atoms with Gasteiger partial charge in [-0.25, -0.2) is 0 Å². The van der Waals surface area contributed by atoms with Crippen molar-refractivity contribution in [3.8, 4) is 11.5 Å². The Morgan fingerprint density at radius 1 is 1.00 bits per heavy atom. The minimum atomic E-state index is -1.34. The summed E-state index contributed by atoms with van der Waals surface area (Å²) in [6.45, 7) is 5.56. The van der Waals surface area contributed by atoms with Crippen LogP contribution < -0.4 is 9.47 Å². The Morgan fingerprint density at radius 3 is 2.42 bits per heavy atom. The minimum Gasteiger partial charge on any atom is -0.490 e. The summed E-state index contributed by atoms with van der Waals surface area (Å²) in [7, 11) is 0. The second-order valence-corrected chi connectivity index (χ2v) is 11.8. The van der Waals surface area contributed by atoms with Crippen LogP contribution in [0.1, 0.15) is 43.4 Å². The van der Waals surface area contributed by atoms with Gasteiger partial charge >= 0.3 is 11.9 Å². The second kappa shape index (κ2) is 11.5. The molecule has 40 heavy (non-hydrogen) atoms. The molecule has 5 rings (SSSR count). The second-order valence-electron chi connectivity index (χ2n) is 9.79. The number of ether oxygens (including phenoxy) is 4. The molecule has 1 atom stereocenters. The SMILES string of the molecule is CCOc1cc([C@@H](c2c[nH]c3ccccc23)C2C(=O)OC(C)(C)OC2=O)cc(I)c1OCc1ccc(Cl)c(Cl)c1. The number of carbonyl (C=O) groups is 2. The van der Waals surface area contributed by atoms with E-state index in [1.54, 1.807) is 12.1 Å². The van der Waals surface area contributed by atoms with E-state index < -0.39 is 29.6 Å². The number of fused-ring (bicyclic) bond motifs is 1. The standard InChI is InChI=1S/C30H26Cl2INO6/c1-4-37-24-13-17(12-22(33)27(24)38-15-16-9-10-20(31)21(32)11-16)25(19-14-34-23-8-6-5-7-18(19)23)26-28(35)39-30(2,3)40-29(26)36/h5-14,25-26,34H,4,15H2,1-3H3/t25-/m0/s1. The Balaban J connectivity index is 1.60. The molecule has 1 fully saturated rings. The fourth-order valence-corrected chi connectivity index (χ4v) is 5.96. The summed E-state index contributed by atoms with van der Waals surface area (Å²) in [4.78, 5) is 29.9. The molecule has 1 aromatic heterocycles. The summed E-state index contributed by atoms with van der Waals surface area (Å²) >= 11 is 14.4. The third-order valence-electron chi connectivity index (χ3n) is 6.55. The van der Waals surface area contributed by atoms with E-state index in [0.29, 0.717) is 33.7 Å². The minimum absolute atomic E-state index is 0.231. The van der Waals surface area contributed by atoms with Crippen LogP contribution in [-0.4, -0.2) is 29.3 Å². The van der Waals surface area contributed by atoms with Crippen LogP contribution in [0.3, 0.4) is 0 Å². The molecule has 3 aromatic carbocycles. The average Bonchev–Trinajstić information content (AvgIpc) is 3.31. The Morgan fingerprint density at radius 2 is 1.73 bits per heavy atom. The number of nitrogens with one attached hydrogen (secondary N) is 1. The number of esters is 2. The first-order valence-corrected chi connectivity index (χ1v) is 14.5. The summed E-state index contributed by atoms with van der Waals surface area (Å²) in [6.07, 6.45) is 1.82. The van der Waals surface area contributed by atoms with Crippen molar-refractivity contribution >= 4 is 68.6 Å². The van der Waals surface area contributed by atoms with Gasteiger partial charge in [-0.05, 0) is 76.5 Å². The summed E-state index contributed by atoms with van der Waals surface area (Å²) in [5.74, 6) is -3.57. The Bertz CT molecular complexity index is 1580. The number of hydrogen-bond acceptors (Lipinski definition) is 6. The number of para-hydroxylation sites is 1. The molecule has 10 heteroatoms. The van der Waals surface area contributed by atoms with E-state index in [4.69, 9.17) is 42.1 Å². The maximum Gasteiger partial charge on any atom is 0.324 e. The van der Waals surface area contributed by atoms with Gasteiger partial charge in [0.15, 0.2) is 17.4 Å². The lowest BCUT2D eigenvalue weighted by atomic mass is 9.80. The van der Waals surface area contributed by atoms with Gasteiger partial charge in [0.1, 0.15) is 6.61 Å². The van der Waals surface area contributed by atoms with E-state index in [9.17, 15) is 9.59 Å². The highest BCUT2D eigenvalue weighted by Crippen LogP contribution is 2.45. The number of carbonyl (C=O) groups excluding carboxylic acids is 2. The molecule has 1 saturated heterocycles. The molecule has 0 saturated carbocycles. The zero-order chi connectivity index (χ0) is 28.6. The van der Waals surface area contributed by atoms with Gasteiger partial charge in [-0.2, -0.15) is 0 Å². The lowest BCUT2D eigenvalue weighted by Crippen LogP contribution is -2.48. The molecule has 1 aliphatic rings. The van der Waals surface area contributed by atoms with Crippen LogP contribution in [0.25, 0.3) is 10.9 Å². The van der Waals surface area contributed by atoms with E-state index in [1.807, 2.05) is 55.6 Å². The van der Waals surface area contributed by atoms with Crippen molar-refractivity contribution < 1.29 is 28.5 Å². The number of aromatic nitrogens is 1. The first-order chi connectivity index (χ1) is 19.1. The molecule has 0 unspecified atom stereocenters. The van der Waals surface area contributed by atoms with Crippen molar-refractivity contribution in [2.24, 2.45) is 5.92 Å². The van der Waals surface area contributed by atoms with Crippen molar-refractivity contribution in [2.45, 2.75) is 39.1 Å². The largest absolute Gasteiger partial charge is 0.490 e. The number of halogens is 3. The summed E-state index contributed by atoms with van der Waals surface area (Å²) in [5, 5.41) is 1.78. The molecule has 0 radical (unpaired) electrons. The van der Waals surface area contributed by atoms with Crippen LogP contribution in [0.15, 0.2) is 60.8 Å². The normalized spacial score (nSPS) is 15.9. The highest BCUT2D eigenvalue weighted by Gasteiger charge is 2.49. The zero-order valence-electron chi connectivity index (χ0n) is 21.9. The summed E-state index contributed by atoms with van der Waals surface area (Å²) < 4.78 is 24.0. The molecular weight excluding hydrogens is 668 g/mol. The molecule has 0 amide bonds. The predicted octanol–water partition coefficient (Wildman–Crippen LogP) is 7.64. The quantitative estimate of drug-likeness (QED) is 0.116. The first-order valence-electron chi connectivity index (χ1n) is 12.6. The van der Waals surface area contributed by atoms with Crippen LogP contribution in [0.5, 0.6) is 11.5 Å². The van der Waals surface area contributed by atoms with Crippen LogP contribution >= 0.6 is 45.8 Å². The van der Waals surface area contributed by atoms with Gasteiger partial charge < -0.3 is 23.9 Å². The van der Waals surface area contributed by atoms with Crippen LogP contribution in [-0.2, 0) is 25.7 Å². The van der Waals surface area contributed by atoms with Gasteiger partial charge in [-0.15, -0.1) is 0 Å². The zero-order valence-corrected chi connectivity index (χ0v) is 25.6. The first kappa shape index (κ1) is 28.6. The number of rotatable bonds is 8. The van der Waals surface area contributed by atoms with Crippen molar-refractivity contribution in [2.75, 3.05) is 6.61 Å². The van der Waals surface area contributed by atoms with Crippen LogP contribution in [0, 0.1) is 9.49 Å². The summed E-state index contributed by atoms with van der Waals surface area (Å²) in [5.41, 5.74) is 3.15. The van der Waals surface area contributed by atoms with Gasteiger partial charge in [0.25, 0.3) is 5.79 Å². The molecule has 1 aliphatic heterocycles. The molecule has 4 aromatic rings. The number of aromatic amines is 1. The van der Waals surface area contributed by atoms with Gasteiger partial charge in [-0.1, -0.05) is 47.5 Å². The molecule has 2 heterocycles.